The summed E-state index contributed by atoms with van der Waals surface area (Å²) in [6, 6.07) is 1.95. The molecule has 0 aliphatic rings. The Kier molecular flexibility index (Phi) is 2.61. The van der Waals surface area contributed by atoms with Gasteiger partial charge in [-0.25, -0.2) is 4.98 Å². The van der Waals surface area contributed by atoms with Gasteiger partial charge in [0.2, 0.25) is 0 Å². The van der Waals surface area contributed by atoms with E-state index in [9.17, 15) is 4.79 Å². The fourth-order valence-corrected chi connectivity index (χ4v) is 2.05. The molecule has 0 saturated heterocycles. The fraction of sp³-hybridized carbons (Fsp3) is 0.417. The van der Waals surface area contributed by atoms with E-state index in [1.54, 1.807) is 18.7 Å². The van der Waals surface area contributed by atoms with Gasteiger partial charge in [-0.15, -0.1) is 0 Å². The van der Waals surface area contributed by atoms with Crippen LogP contribution < -0.4 is 0 Å². The van der Waals surface area contributed by atoms with Crippen molar-refractivity contribution in [3.8, 4) is 0 Å². The lowest BCUT2D eigenvalue weighted by Gasteiger charge is -2.04. The summed E-state index contributed by atoms with van der Waals surface area (Å²) >= 11 is 0. The summed E-state index contributed by atoms with van der Waals surface area (Å²) in [6.45, 7) is 5.51. The Hall–Kier alpha value is -1.91. The number of pyridine rings is 1. The number of carbonyl (C=O) groups is 1. The van der Waals surface area contributed by atoms with Gasteiger partial charge in [0.1, 0.15) is 0 Å². The third kappa shape index (κ3) is 1.77. The Balaban J connectivity index is 2.78. The van der Waals surface area contributed by atoms with Crippen molar-refractivity contribution in [1.29, 1.82) is 0 Å². The van der Waals surface area contributed by atoms with Crippen molar-refractivity contribution in [2.24, 2.45) is 7.05 Å². The summed E-state index contributed by atoms with van der Waals surface area (Å²) in [5.74, 6) is -1.49. The van der Waals surface area contributed by atoms with E-state index in [1.165, 1.54) is 0 Å². The predicted octanol–water partition coefficient (Wildman–Crippen LogP) is 1.77. The molecule has 2 heterocycles. The quantitative estimate of drug-likeness (QED) is 0.858. The maximum Gasteiger partial charge on any atom is 0.312 e. The highest BCUT2D eigenvalue weighted by molar-refractivity contribution is 5.88. The van der Waals surface area contributed by atoms with Crippen molar-refractivity contribution >= 4 is 17.0 Å². The highest BCUT2D eigenvalue weighted by Crippen LogP contribution is 2.27. The zero-order valence-corrected chi connectivity index (χ0v) is 10.4. The lowest BCUT2D eigenvalue weighted by atomic mass is 10.0. The number of aryl methyl sites for hydroxylation is 3. The van der Waals surface area contributed by atoms with Gasteiger partial charge in [-0.05, 0) is 32.4 Å². The number of aliphatic carboxylic acids is 1. The Morgan fingerprint density at radius 3 is 2.71 bits per heavy atom. The summed E-state index contributed by atoms with van der Waals surface area (Å²) in [4.78, 5) is 15.5. The number of carboxylic acid groups (broad SMARTS) is 1. The van der Waals surface area contributed by atoms with E-state index < -0.39 is 11.9 Å². The monoisotopic (exact) mass is 233 g/mol. The van der Waals surface area contributed by atoms with E-state index >= 15 is 0 Å². The molecule has 0 aromatic carbocycles. The molecule has 2 rings (SSSR count). The Bertz CT molecular complexity index is 601. The zero-order chi connectivity index (χ0) is 12.7. The van der Waals surface area contributed by atoms with Crippen LogP contribution in [0.15, 0.2) is 6.07 Å². The molecule has 0 radical (unpaired) electrons. The van der Waals surface area contributed by atoms with Gasteiger partial charge in [-0.2, -0.15) is 5.10 Å². The molecule has 0 amide bonds. The van der Waals surface area contributed by atoms with Crippen LogP contribution in [0.5, 0.6) is 0 Å². The lowest BCUT2D eigenvalue weighted by Crippen LogP contribution is -2.09. The number of hydrogen-bond acceptors (Lipinski definition) is 3. The first-order valence-electron chi connectivity index (χ1n) is 5.45. The third-order valence-electron chi connectivity index (χ3n) is 2.93. The Morgan fingerprint density at radius 2 is 2.12 bits per heavy atom. The van der Waals surface area contributed by atoms with E-state index in [4.69, 9.17) is 5.11 Å². The third-order valence-corrected chi connectivity index (χ3v) is 2.93. The molecule has 1 N–H and O–H groups in total. The minimum atomic E-state index is -0.870. The molecule has 0 saturated carbocycles. The molecule has 0 fully saturated rings. The van der Waals surface area contributed by atoms with Gasteiger partial charge in [0.25, 0.3) is 0 Å². The smallest absolute Gasteiger partial charge is 0.312 e. The van der Waals surface area contributed by atoms with Crippen molar-refractivity contribution in [1.82, 2.24) is 14.8 Å². The summed E-state index contributed by atoms with van der Waals surface area (Å²) in [6.07, 6.45) is 0. The second-order valence-electron chi connectivity index (χ2n) is 4.35. The molecular weight excluding hydrogens is 218 g/mol. The molecule has 5 nitrogen and oxygen atoms in total. The van der Waals surface area contributed by atoms with Crippen LogP contribution in [-0.2, 0) is 11.8 Å². The number of fused-ring (bicyclic) bond motifs is 1. The number of hydrogen-bond donors (Lipinski definition) is 1. The number of aromatic nitrogens is 3. The van der Waals surface area contributed by atoms with Gasteiger partial charge in [-0.1, -0.05) is 0 Å². The van der Waals surface area contributed by atoms with Crippen LogP contribution in [0, 0.1) is 13.8 Å². The second-order valence-corrected chi connectivity index (χ2v) is 4.35. The average molecular weight is 233 g/mol. The first kappa shape index (κ1) is 11.6. The van der Waals surface area contributed by atoms with Crippen LogP contribution in [0.3, 0.4) is 0 Å². The van der Waals surface area contributed by atoms with E-state index in [2.05, 4.69) is 10.1 Å². The van der Waals surface area contributed by atoms with E-state index in [-0.39, 0.29) is 0 Å². The minimum Gasteiger partial charge on any atom is -0.481 e. The van der Waals surface area contributed by atoms with Gasteiger partial charge in [0.05, 0.1) is 11.6 Å². The second kappa shape index (κ2) is 3.84. The predicted molar refractivity (Wildman–Crippen MR) is 64.0 cm³/mol. The van der Waals surface area contributed by atoms with Crippen LogP contribution in [-0.4, -0.2) is 25.8 Å². The van der Waals surface area contributed by atoms with Crippen molar-refractivity contribution in [3.63, 3.8) is 0 Å². The average Bonchev–Trinajstić information content (AvgIpc) is 2.55. The van der Waals surface area contributed by atoms with Crippen molar-refractivity contribution in [3.05, 3.63) is 23.0 Å². The van der Waals surface area contributed by atoms with E-state index in [0.717, 1.165) is 22.3 Å². The first-order valence-corrected chi connectivity index (χ1v) is 5.45. The van der Waals surface area contributed by atoms with Crippen molar-refractivity contribution in [2.75, 3.05) is 0 Å². The van der Waals surface area contributed by atoms with Crippen LogP contribution in [0.25, 0.3) is 11.0 Å². The van der Waals surface area contributed by atoms with Gasteiger partial charge in [0, 0.05) is 18.1 Å². The largest absolute Gasteiger partial charge is 0.481 e. The molecule has 90 valence electrons. The van der Waals surface area contributed by atoms with Gasteiger partial charge in [-0.3, -0.25) is 9.48 Å². The Morgan fingerprint density at radius 1 is 1.47 bits per heavy atom. The van der Waals surface area contributed by atoms with E-state index in [0.29, 0.717) is 5.69 Å². The van der Waals surface area contributed by atoms with E-state index in [1.807, 2.05) is 19.9 Å². The van der Waals surface area contributed by atoms with Gasteiger partial charge in [0.15, 0.2) is 5.65 Å². The molecule has 1 atom stereocenters. The molecule has 0 aliphatic heterocycles. The highest BCUT2D eigenvalue weighted by atomic mass is 16.4. The molecule has 2 aromatic heterocycles. The van der Waals surface area contributed by atoms with Crippen LogP contribution in [0.2, 0.25) is 0 Å². The van der Waals surface area contributed by atoms with Crippen LogP contribution >= 0.6 is 0 Å². The zero-order valence-electron chi connectivity index (χ0n) is 10.4. The molecule has 1 unspecified atom stereocenters. The normalized spacial score (nSPS) is 12.9. The molecular formula is C12H15N3O2. The molecule has 5 heteroatoms. The summed E-state index contributed by atoms with van der Waals surface area (Å²) < 4.78 is 1.64. The maximum absolute atomic E-state index is 11.1. The highest BCUT2D eigenvalue weighted by Gasteiger charge is 2.22. The standard InChI is InChI=1S/C12H15N3O2/c1-6-5-7(2)13-11-9(6)10(14-15(11)4)8(3)12(16)17/h5,8H,1-4H3,(H,16,17). The number of nitrogens with zero attached hydrogens (tertiary/aromatic N) is 3. The first-order chi connectivity index (χ1) is 7.91. The molecule has 0 bridgehead atoms. The van der Waals surface area contributed by atoms with Crippen LogP contribution in [0.1, 0.15) is 29.8 Å². The van der Waals surface area contributed by atoms with Gasteiger partial charge < -0.3 is 5.11 Å². The Labute approximate surface area is 99.1 Å². The van der Waals surface area contributed by atoms with Crippen molar-refractivity contribution < 1.29 is 9.90 Å². The number of carboxylic acids is 1. The minimum absolute atomic E-state index is 0.583. The SMILES string of the molecule is Cc1cc(C)c2c(C(C)C(=O)O)nn(C)c2n1. The number of rotatable bonds is 2. The summed E-state index contributed by atoms with van der Waals surface area (Å²) in [5.41, 5.74) is 3.25. The van der Waals surface area contributed by atoms with Crippen LogP contribution in [0.4, 0.5) is 0 Å². The summed E-state index contributed by atoms with van der Waals surface area (Å²) in [7, 11) is 1.78. The lowest BCUT2D eigenvalue weighted by molar-refractivity contribution is -0.138. The molecule has 17 heavy (non-hydrogen) atoms. The fourth-order valence-electron chi connectivity index (χ4n) is 2.05. The maximum atomic E-state index is 11.1. The van der Waals surface area contributed by atoms with Gasteiger partial charge >= 0.3 is 5.97 Å². The summed E-state index contributed by atoms with van der Waals surface area (Å²) in [5, 5.41) is 14.2. The topological polar surface area (TPSA) is 68.0 Å². The molecule has 0 spiro atoms. The van der Waals surface area contributed by atoms with Crippen molar-refractivity contribution in [2.45, 2.75) is 26.7 Å². The molecule has 0 aliphatic carbocycles. The molecule has 2 aromatic rings.